The summed E-state index contributed by atoms with van der Waals surface area (Å²) in [4.78, 5) is 7.26. The first-order valence-electron chi connectivity index (χ1n) is 6.35. The molecule has 1 aromatic carbocycles. The fraction of sp³-hybridized carbons (Fsp3) is 0.571. The smallest absolute Gasteiger partial charge is 0.0724 e. The maximum atomic E-state index is 5.18. The van der Waals surface area contributed by atoms with Crippen molar-refractivity contribution in [3.63, 3.8) is 0 Å². The Kier molecular flexibility index (Phi) is 4.02. The molecule has 17 heavy (non-hydrogen) atoms. The summed E-state index contributed by atoms with van der Waals surface area (Å²) in [5.41, 5.74) is 4.12. The number of anilines is 1. The highest BCUT2D eigenvalue weighted by Crippen LogP contribution is 2.27. The summed E-state index contributed by atoms with van der Waals surface area (Å²) >= 11 is 0. The fourth-order valence-corrected chi connectivity index (χ4v) is 2.63. The van der Waals surface area contributed by atoms with E-state index in [4.69, 9.17) is 10.7 Å². The van der Waals surface area contributed by atoms with Gasteiger partial charge in [0.15, 0.2) is 0 Å². The van der Waals surface area contributed by atoms with Crippen LogP contribution in [0.1, 0.15) is 24.0 Å². The average molecular weight is 234 g/mol. The molecular formula is C14H22N2O. The first kappa shape index (κ1) is 12.4. The first-order valence-corrected chi connectivity index (χ1v) is 6.35. The summed E-state index contributed by atoms with van der Waals surface area (Å²) in [6.07, 6.45) is 2.44. The van der Waals surface area contributed by atoms with Gasteiger partial charge in [-0.1, -0.05) is 12.1 Å². The van der Waals surface area contributed by atoms with Gasteiger partial charge in [0, 0.05) is 24.7 Å². The standard InChI is InChI=1S/C14H22N2O/c1-11-5-3-7-14(12(11)2)16-8-4-6-13(9-16)10-17-15/h3,5,7,13H,4,6,8-10,15H2,1-2H3. The summed E-state index contributed by atoms with van der Waals surface area (Å²) in [5.74, 6) is 5.74. The van der Waals surface area contributed by atoms with Crippen molar-refractivity contribution >= 4 is 5.69 Å². The van der Waals surface area contributed by atoms with Gasteiger partial charge in [0.2, 0.25) is 0 Å². The quantitative estimate of drug-likeness (QED) is 0.816. The van der Waals surface area contributed by atoms with Crippen molar-refractivity contribution in [1.82, 2.24) is 0 Å². The molecule has 0 radical (unpaired) electrons. The molecule has 3 heteroatoms. The molecular weight excluding hydrogens is 212 g/mol. The molecule has 1 aromatic rings. The van der Waals surface area contributed by atoms with E-state index in [1.54, 1.807) is 0 Å². The summed E-state index contributed by atoms with van der Waals surface area (Å²) < 4.78 is 0. The molecule has 2 N–H and O–H groups in total. The average Bonchev–Trinajstić information content (AvgIpc) is 2.33. The van der Waals surface area contributed by atoms with E-state index in [0.29, 0.717) is 12.5 Å². The largest absolute Gasteiger partial charge is 0.371 e. The predicted octanol–water partition coefficient (Wildman–Crippen LogP) is 2.41. The zero-order valence-corrected chi connectivity index (χ0v) is 10.8. The Morgan fingerprint density at radius 2 is 2.24 bits per heavy atom. The highest BCUT2D eigenvalue weighted by atomic mass is 16.6. The lowest BCUT2D eigenvalue weighted by Gasteiger charge is -2.35. The van der Waals surface area contributed by atoms with Gasteiger partial charge in [0.1, 0.15) is 0 Å². The molecule has 0 saturated carbocycles. The summed E-state index contributed by atoms with van der Waals surface area (Å²) in [5, 5.41) is 0. The van der Waals surface area contributed by atoms with Crippen molar-refractivity contribution in [2.45, 2.75) is 26.7 Å². The van der Waals surface area contributed by atoms with Gasteiger partial charge >= 0.3 is 0 Å². The summed E-state index contributed by atoms with van der Waals surface area (Å²) in [6, 6.07) is 6.53. The summed E-state index contributed by atoms with van der Waals surface area (Å²) in [6.45, 7) is 7.24. The van der Waals surface area contributed by atoms with Crippen LogP contribution < -0.4 is 10.8 Å². The maximum absolute atomic E-state index is 5.18. The van der Waals surface area contributed by atoms with Crippen molar-refractivity contribution in [2.24, 2.45) is 11.8 Å². The zero-order valence-electron chi connectivity index (χ0n) is 10.8. The SMILES string of the molecule is Cc1cccc(N2CCCC(CON)C2)c1C. The highest BCUT2D eigenvalue weighted by Gasteiger charge is 2.21. The Balaban J connectivity index is 2.13. The lowest BCUT2D eigenvalue weighted by Crippen LogP contribution is -2.38. The predicted molar refractivity (Wildman–Crippen MR) is 71.0 cm³/mol. The number of piperidine rings is 1. The van der Waals surface area contributed by atoms with Gasteiger partial charge in [-0.2, -0.15) is 0 Å². The Morgan fingerprint density at radius 1 is 1.41 bits per heavy atom. The lowest BCUT2D eigenvalue weighted by molar-refractivity contribution is 0.0951. The zero-order chi connectivity index (χ0) is 12.3. The van der Waals surface area contributed by atoms with E-state index < -0.39 is 0 Å². The second-order valence-electron chi connectivity index (χ2n) is 5.01. The van der Waals surface area contributed by atoms with Crippen molar-refractivity contribution in [2.75, 3.05) is 24.6 Å². The van der Waals surface area contributed by atoms with Crippen molar-refractivity contribution in [3.8, 4) is 0 Å². The number of rotatable bonds is 3. The molecule has 1 atom stereocenters. The molecule has 0 amide bonds. The highest BCUT2D eigenvalue weighted by molar-refractivity contribution is 5.56. The summed E-state index contributed by atoms with van der Waals surface area (Å²) in [7, 11) is 0. The van der Waals surface area contributed by atoms with E-state index in [9.17, 15) is 0 Å². The Morgan fingerprint density at radius 3 is 3.00 bits per heavy atom. The molecule has 1 saturated heterocycles. The van der Waals surface area contributed by atoms with Crippen LogP contribution in [0, 0.1) is 19.8 Å². The van der Waals surface area contributed by atoms with E-state index in [-0.39, 0.29) is 0 Å². The molecule has 0 spiro atoms. The molecule has 1 aliphatic rings. The van der Waals surface area contributed by atoms with Gasteiger partial charge in [-0.3, -0.25) is 0 Å². The molecule has 0 aromatic heterocycles. The second kappa shape index (κ2) is 5.52. The van der Waals surface area contributed by atoms with E-state index in [1.165, 1.54) is 29.7 Å². The van der Waals surface area contributed by atoms with Gasteiger partial charge in [-0.05, 0) is 43.9 Å². The Labute approximate surface area is 104 Å². The third kappa shape index (κ3) is 2.79. The molecule has 3 nitrogen and oxygen atoms in total. The van der Waals surface area contributed by atoms with Crippen LogP contribution in [0.3, 0.4) is 0 Å². The minimum atomic E-state index is 0.564. The monoisotopic (exact) mass is 234 g/mol. The maximum Gasteiger partial charge on any atom is 0.0724 e. The molecule has 1 aliphatic heterocycles. The third-order valence-corrected chi connectivity index (χ3v) is 3.77. The lowest BCUT2D eigenvalue weighted by atomic mass is 9.97. The van der Waals surface area contributed by atoms with Crippen LogP contribution in [0.25, 0.3) is 0 Å². The molecule has 0 aliphatic carbocycles. The molecule has 0 bridgehead atoms. The van der Waals surface area contributed by atoms with E-state index in [1.807, 2.05) is 0 Å². The van der Waals surface area contributed by atoms with Crippen molar-refractivity contribution in [3.05, 3.63) is 29.3 Å². The van der Waals surface area contributed by atoms with E-state index >= 15 is 0 Å². The van der Waals surface area contributed by atoms with Gasteiger partial charge < -0.3 is 9.74 Å². The van der Waals surface area contributed by atoms with Crippen molar-refractivity contribution in [1.29, 1.82) is 0 Å². The number of aryl methyl sites for hydroxylation is 1. The Bertz CT molecular complexity index is 376. The normalized spacial score (nSPS) is 20.6. The van der Waals surface area contributed by atoms with Crippen LogP contribution in [-0.4, -0.2) is 19.7 Å². The molecule has 94 valence electrons. The first-order chi connectivity index (χ1) is 8.22. The minimum Gasteiger partial charge on any atom is -0.371 e. The molecule has 1 unspecified atom stereocenters. The van der Waals surface area contributed by atoms with Crippen LogP contribution in [0.2, 0.25) is 0 Å². The molecule has 1 fully saturated rings. The number of hydrogen-bond acceptors (Lipinski definition) is 3. The number of nitrogens with zero attached hydrogens (tertiary/aromatic N) is 1. The van der Waals surface area contributed by atoms with Crippen molar-refractivity contribution < 1.29 is 4.84 Å². The van der Waals surface area contributed by atoms with Gasteiger partial charge in [0.25, 0.3) is 0 Å². The minimum absolute atomic E-state index is 0.564. The van der Waals surface area contributed by atoms with E-state index in [2.05, 4.69) is 36.9 Å². The van der Waals surface area contributed by atoms with Gasteiger partial charge in [-0.15, -0.1) is 0 Å². The second-order valence-corrected chi connectivity index (χ2v) is 5.01. The van der Waals surface area contributed by atoms with Crippen LogP contribution in [0.15, 0.2) is 18.2 Å². The van der Waals surface area contributed by atoms with Crippen LogP contribution >= 0.6 is 0 Å². The molecule has 2 rings (SSSR count). The number of hydrogen-bond donors (Lipinski definition) is 1. The molecule has 1 heterocycles. The van der Waals surface area contributed by atoms with E-state index in [0.717, 1.165) is 13.1 Å². The fourth-order valence-electron chi connectivity index (χ4n) is 2.63. The van der Waals surface area contributed by atoms with Gasteiger partial charge in [0.05, 0.1) is 6.61 Å². The van der Waals surface area contributed by atoms with Crippen LogP contribution in [-0.2, 0) is 4.84 Å². The van der Waals surface area contributed by atoms with Crippen LogP contribution in [0.4, 0.5) is 5.69 Å². The Hall–Kier alpha value is -1.06. The number of nitrogens with two attached hydrogens (primary N) is 1. The van der Waals surface area contributed by atoms with Gasteiger partial charge in [-0.25, -0.2) is 5.90 Å². The number of benzene rings is 1. The van der Waals surface area contributed by atoms with Crippen LogP contribution in [0.5, 0.6) is 0 Å². The third-order valence-electron chi connectivity index (χ3n) is 3.77. The topological polar surface area (TPSA) is 38.5 Å².